The molecule has 144 valence electrons. The Morgan fingerprint density at radius 2 is 1.63 bits per heavy atom. The molecule has 0 aromatic heterocycles. The first-order valence-corrected chi connectivity index (χ1v) is 9.67. The Morgan fingerprint density at radius 3 is 2.30 bits per heavy atom. The molecule has 5 heteroatoms. The molecule has 27 heavy (non-hydrogen) atoms. The fraction of sp³-hybridized carbons (Fsp3) is 0.409. The van der Waals surface area contributed by atoms with E-state index in [0.29, 0.717) is 36.4 Å². The highest BCUT2D eigenvalue weighted by Gasteiger charge is 2.16. The maximum Gasteiger partial charge on any atom is 0.255 e. The second kappa shape index (κ2) is 9.31. The third-order valence-electron chi connectivity index (χ3n) is 4.52. The zero-order valence-corrected chi connectivity index (χ0v) is 16.0. The fourth-order valence-corrected chi connectivity index (χ4v) is 3.21. The zero-order valence-electron chi connectivity index (χ0n) is 16.0. The number of anilines is 1. The molecule has 1 N–H and O–H groups in total. The molecule has 0 aliphatic heterocycles. The minimum absolute atomic E-state index is 0.191. The number of carbonyl (C=O) groups is 1. The molecule has 1 aliphatic rings. The molecule has 1 aliphatic carbocycles. The molecular formula is C22H27NO4. The van der Waals surface area contributed by atoms with Gasteiger partial charge in [-0.1, -0.05) is 0 Å². The van der Waals surface area contributed by atoms with Gasteiger partial charge in [-0.2, -0.15) is 0 Å². The minimum atomic E-state index is -0.191. The van der Waals surface area contributed by atoms with Gasteiger partial charge in [0.2, 0.25) is 0 Å². The van der Waals surface area contributed by atoms with E-state index in [1.807, 2.05) is 38.1 Å². The third-order valence-corrected chi connectivity index (χ3v) is 4.52. The fourth-order valence-electron chi connectivity index (χ4n) is 3.21. The summed E-state index contributed by atoms with van der Waals surface area (Å²) in [6, 6.07) is 12.7. The number of ether oxygens (including phenoxy) is 3. The van der Waals surface area contributed by atoms with Crippen molar-refractivity contribution in [3.05, 3.63) is 48.0 Å². The van der Waals surface area contributed by atoms with Crippen LogP contribution in [0.5, 0.6) is 17.2 Å². The maximum absolute atomic E-state index is 12.6. The monoisotopic (exact) mass is 369 g/mol. The van der Waals surface area contributed by atoms with Crippen molar-refractivity contribution in [3.8, 4) is 17.2 Å². The van der Waals surface area contributed by atoms with Crippen LogP contribution in [-0.4, -0.2) is 25.2 Å². The van der Waals surface area contributed by atoms with Crippen molar-refractivity contribution in [2.75, 3.05) is 18.5 Å². The smallest absolute Gasteiger partial charge is 0.255 e. The van der Waals surface area contributed by atoms with Gasteiger partial charge in [0.15, 0.2) is 11.5 Å². The molecule has 0 bridgehead atoms. The van der Waals surface area contributed by atoms with E-state index in [1.165, 1.54) is 12.8 Å². The largest absolute Gasteiger partial charge is 0.490 e. The Labute approximate surface area is 160 Å². The number of hydrogen-bond acceptors (Lipinski definition) is 4. The van der Waals surface area contributed by atoms with Crippen LogP contribution in [0.15, 0.2) is 42.5 Å². The molecule has 2 aromatic rings. The van der Waals surface area contributed by atoms with Gasteiger partial charge in [0.1, 0.15) is 5.75 Å². The summed E-state index contributed by atoms with van der Waals surface area (Å²) in [6.07, 6.45) is 5.05. The Bertz CT molecular complexity index is 751. The summed E-state index contributed by atoms with van der Waals surface area (Å²) >= 11 is 0. The summed E-state index contributed by atoms with van der Waals surface area (Å²) in [5, 5.41) is 2.91. The highest BCUT2D eigenvalue weighted by atomic mass is 16.5. The summed E-state index contributed by atoms with van der Waals surface area (Å²) in [7, 11) is 0. The van der Waals surface area contributed by atoms with Crippen molar-refractivity contribution in [2.24, 2.45) is 0 Å². The predicted molar refractivity (Wildman–Crippen MR) is 106 cm³/mol. The topological polar surface area (TPSA) is 56.8 Å². The lowest BCUT2D eigenvalue weighted by Crippen LogP contribution is -2.13. The van der Waals surface area contributed by atoms with Crippen LogP contribution < -0.4 is 19.5 Å². The van der Waals surface area contributed by atoms with E-state index in [4.69, 9.17) is 14.2 Å². The van der Waals surface area contributed by atoms with Crippen molar-refractivity contribution in [3.63, 3.8) is 0 Å². The first-order chi connectivity index (χ1) is 13.2. The van der Waals surface area contributed by atoms with E-state index < -0.39 is 0 Å². The first-order valence-electron chi connectivity index (χ1n) is 9.67. The van der Waals surface area contributed by atoms with E-state index >= 15 is 0 Å². The van der Waals surface area contributed by atoms with Gasteiger partial charge in [0, 0.05) is 11.3 Å². The van der Waals surface area contributed by atoms with Gasteiger partial charge in [-0.3, -0.25) is 4.79 Å². The summed E-state index contributed by atoms with van der Waals surface area (Å²) in [4.78, 5) is 12.6. The third kappa shape index (κ3) is 5.16. The SMILES string of the molecule is CCOc1ccc(C(=O)Nc2ccc(OC3CCCC3)cc2)cc1OCC. The van der Waals surface area contributed by atoms with Crippen LogP contribution in [-0.2, 0) is 0 Å². The summed E-state index contributed by atoms with van der Waals surface area (Å²) in [6.45, 7) is 4.86. The molecule has 0 heterocycles. The maximum atomic E-state index is 12.6. The average Bonchev–Trinajstić information content (AvgIpc) is 3.18. The molecule has 0 radical (unpaired) electrons. The van der Waals surface area contributed by atoms with E-state index in [1.54, 1.807) is 18.2 Å². The Hall–Kier alpha value is -2.69. The lowest BCUT2D eigenvalue weighted by molar-refractivity contribution is 0.102. The van der Waals surface area contributed by atoms with Gasteiger partial charge in [0.25, 0.3) is 5.91 Å². The molecule has 0 unspecified atom stereocenters. The van der Waals surface area contributed by atoms with Crippen LogP contribution in [0.1, 0.15) is 49.9 Å². The van der Waals surface area contributed by atoms with E-state index in [9.17, 15) is 4.79 Å². The molecule has 5 nitrogen and oxygen atoms in total. The quantitative estimate of drug-likeness (QED) is 0.707. The molecule has 1 saturated carbocycles. The standard InChI is InChI=1S/C22H27NO4/c1-3-25-20-14-9-16(15-21(20)26-4-2)22(24)23-17-10-12-19(13-11-17)27-18-7-5-6-8-18/h9-15,18H,3-8H2,1-2H3,(H,23,24). The highest BCUT2D eigenvalue weighted by Crippen LogP contribution is 2.29. The first kappa shape index (κ1) is 19.1. The predicted octanol–water partition coefficient (Wildman–Crippen LogP) is 5.06. The number of carbonyl (C=O) groups excluding carboxylic acids is 1. The molecule has 0 spiro atoms. The van der Waals surface area contributed by atoms with Crippen LogP contribution in [0.3, 0.4) is 0 Å². The lowest BCUT2D eigenvalue weighted by Gasteiger charge is -2.14. The number of hydrogen-bond donors (Lipinski definition) is 1. The van der Waals surface area contributed by atoms with Gasteiger partial charge in [0.05, 0.1) is 19.3 Å². The number of amides is 1. The Balaban J connectivity index is 1.64. The van der Waals surface area contributed by atoms with E-state index in [2.05, 4.69) is 5.32 Å². The molecule has 1 fully saturated rings. The normalized spacial score (nSPS) is 14.0. The van der Waals surface area contributed by atoms with E-state index in [0.717, 1.165) is 24.3 Å². The van der Waals surface area contributed by atoms with Crippen LogP contribution in [0.25, 0.3) is 0 Å². The van der Waals surface area contributed by atoms with Gasteiger partial charge < -0.3 is 19.5 Å². The molecule has 3 rings (SSSR count). The van der Waals surface area contributed by atoms with Gasteiger partial charge in [-0.25, -0.2) is 0 Å². The van der Waals surface area contributed by atoms with Crippen molar-refractivity contribution in [1.29, 1.82) is 0 Å². The minimum Gasteiger partial charge on any atom is -0.490 e. The second-order valence-electron chi connectivity index (χ2n) is 6.53. The Kier molecular flexibility index (Phi) is 6.58. The van der Waals surface area contributed by atoms with Crippen LogP contribution >= 0.6 is 0 Å². The van der Waals surface area contributed by atoms with E-state index in [-0.39, 0.29) is 5.91 Å². The summed E-state index contributed by atoms with van der Waals surface area (Å²) < 4.78 is 17.1. The molecule has 0 saturated heterocycles. The molecule has 1 amide bonds. The number of benzene rings is 2. The van der Waals surface area contributed by atoms with Crippen LogP contribution in [0, 0.1) is 0 Å². The summed E-state index contributed by atoms with van der Waals surface area (Å²) in [5.41, 5.74) is 1.25. The van der Waals surface area contributed by atoms with Crippen LogP contribution in [0.4, 0.5) is 5.69 Å². The highest BCUT2D eigenvalue weighted by molar-refractivity contribution is 6.04. The summed E-state index contributed by atoms with van der Waals surface area (Å²) in [5.74, 6) is 1.87. The molecule has 2 aromatic carbocycles. The Morgan fingerprint density at radius 1 is 0.963 bits per heavy atom. The van der Waals surface area contributed by atoms with Crippen LogP contribution in [0.2, 0.25) is 0 Å². The van der Waals surface area contributed by atoms with Gasteiger partial charge in [-0.15, -0.1) is 0 Å². The van der Waals surface area contributed by atoms with Crippen molar-refractivity contribution in [1.82, 2.24) is 0 Å². The number of nitrogens with one attached hydrogen (secondary N) is 1. The molecular weight excluding hydrogens is 342 g/mol. The zero-order chi connectivity index (χ0) is 19.1. The number of rotatable bonds is 8. The molecule has 0 atom stereocenters. The lowest BCUT2D eigenvalue weighted by atomic mass is 10.1. The van der Waals surface area contributed by atoms with Crippen molar-refractivity contribution < 1.29 is 19.0 Å². The van der Waals surface area contributed by atoms with Gasteiger partial charge in [-0.05, 0) is 82.0 Å². The van der Waals surface area contributed by atoms with Crippen molar-refractivity contribution >= 4 is 11.6 Å². The van der Waals surface area contributed by atoms with Crippen molar-refractivity contribution in [2.45, 2.75) is 45.6 Å². The average molecular weight is 369 g/mol. The second-order valence-corrected chi connectivity index (χ2v) is 6.53. The van der Waals surface area contributed by atoms with Gasteiger partial charge >= 0.3 is 0 Å².